The van der Waals surface area contributed by atoms with Gasteiger partial charge >= 0.3 is 5.97 Å². The minimum atomic E-state index is -0.803. The molecule has 0 amide bonds. The highest BCUT2D eigenvalue weighted by Gasteiger charge is 2.32. The first-order valence-corrected chi connectivity index (χ1v) is 8.74. The maximum atomic E-state index is 11.8. The fourth-order valence-corrected chi connectivity index (χ4v) is 4.06. The predicted molar refractivity (Wildman–Crippen MR) is 96.4 cm³/mol. The number of carbonyl (C=O) groups is 1. The average Bonchev–Trinajstić information content (AvgIpc) is 2.66. The molecule has 0 unspecified atom stereocenters. The van der Waals surface area contributed by atoms with Crippen LogP contribution in [0.5, 0.6) is 17.2 Å². The number of carboxylic acid groups (broad SMARTS) is 1. The molecule has 7 heteroatoms. The fraction of sp³-hybridized carbons (Fsp3) is 0.300. The van der Waals surface area contributed by atoms with E-state index in [-0.39, 0.29) is 28.9 Å². The molecule has 0 spiro atoms. The first-order valence-electron chi connectivity index (χ1n) is 8.74. The van der Waals surface area contributed by atoms with E-state index in [4.69, 9.17) is 4.42 Å². The lowest BCUT2D eigenvalue weighted by atomic mass is 9.76. The molecule has 0 saturated heterocycles. The van der Waals surface area contributed by atoms with Crippen molar-refractivity contribution in [1.82, 2.24) is 0 Å². The van der Waals surface area contributed by atoms with Crippen molar-refractivity contribution < 1.29 is 29.6 Å². The van der Waals surface area contributed by atoms with Crippen LogP contribution < -0.4 is 5.43 Å². The zero-order chi connectivity index (χ0) is 19.3. The second kappa shape index (κ2) is 6.19. The van der Waals surface area contributed by atoms with Gasteiger partial charge in [0.25, 0.3) is 0 Å². The molecule has 0 aromatic heterocycles. The zero-order valence-electron chi connectivity index (χ0n) is 14.3. The molecule has 4 N–H and O–H groups in total. The first kappa shape index (κ1) is 17.2. The number of phenols is 3. The van der Waals surface area contributed by atoms with Gasteiger partial charge in [0, 0.05) is 10.9 Å². The number of phenolic OH excluding ortho intramolecular Hbond substituents is 3. The first-order chi connectivity index (χ1) is 12.9. The van der Waals surface area contributed by atoms with Crippen molar-refractivity contribution in [2.45, 2.75) is 31.6 Å². The van der Waals surface area contributed by atoms with E-state index in [0.717, 1.165) is 5.56 Å². The SMILES string of the molecule is O=C(O)C1CCC(c2c3ccc(=O)c(O)c-3oc3c(O)c(O)ccc23)CC1. The minimum absolute atomic E-state index is 0.0150. The summed E-state index contributed by atoms with van der Waals surface area (Å²) >= 11 is 0. The molecule has 0 atom stereocenters. The lowest BCUT2D eigenvalue weighted by Crippen LogP contribution is -2.21. The summed E-state index contributed by atoms with van der Waals surface area (Å²) in [5, 5.41) is 40.0. The highest BCUT2D eigenvalue weighted by atomic mass is 16.4. The minimum Gasteiger partial charge on any atom is -0.504 e. The van der Waals surface area contributed by atoms with E-state index >= 15 is 0 Å². The summed E-state index contributed by atoms with van der Waals surface area (Å²) in [5.74, 6) is -2.66. The molecule has 1 heterocycles. The van der Waals surface area contributed by atoms with Gasteiger partial charge in [0.15, 0.2) is 17.1 Å². The highest BCUT2D eigenvalue weighted by Crippen LogP contribution is 2.48. The number of fused-ring (bicyclic) bond motifs is 2. The lowest BCUT2D eigenvalue weighted by Gasteiger charge is -2.29. The number of rotatable bonds is 2. The molecule has 27 heavy (non-hydrogen) atoms. The van der Waals surface area contributed by atoms with Crippen molar-refractivity contribution in [1.29, 1.82) is 0 Å². The van der Waals surface area contributed by atoms with Crippen LogP contribution >= 0.6 is 0 Å². The molecule has 1 aliphatic heterocycles. The van der Waals surface area contributed by atoms with Crippen LogP contribution in [0.15, 0.2) is 33.5 Å². The van der Waals surface area contributed by atoms with Crippen LogP contribution in [0, 0.1) is 5.92 Å². The van der Waals surface area contributed by atoms with Gasteiger partial charge in [-0.3, -0.25) is 9.59 Å². The van der Waals surface area contributed by atoms with Gasteiger partial charge in [-0.2, -0.15) is 0 Å². The molecule has 1 fully saturated rings. The maximum Gasteiger partial charge on any atom is 0.306 e. The van der Waals surface area contributed by atoms with E-state index in [2.05, 4.69) is 0 Å². The largest absolute Gasteiger partial charge is 0.504 e. The number of benzene rings is 2. The Labute approximate surface area is 153 Å². The molecule has 1 saturated carbocycles. The third-order valence-corrected chi connectivity index (χ3v) is 5.47. The maximum absolute atomic E-state index is 11.8. The topological polar surface area (TPSA) is 128 Å². The highest BCUT2D eigenvalue weighted by molar-refractivity contribution is 5.94. The standard InChI is InChI=1S/C20H18O7/c21-13-7-5-11-15(9-1-3-10(4-2-9)20(25)26)12-6-8-14(22)17(24)19(12)27-18(11)16(13)23/h5-10,21,23-24H,1-4H2,(H,25,26). The molecule has 7 nitrogen and oxygen atoms in total. The summed E-state index contributed by atoms with van der Waals surface area (Å²) < 4.78 is 5.61. The van der Waals surface area contributed by atoms with Gasteiger partial charge in [0.05, 0.1) is 5.92 Å². The van der Waals surface area contributed by atoms with Gasteiger partial charge in [-0.25, -0.2) is 0 Å². The van der Waals surface area contributed by atoms with Gasteiger partial charge in [0.1, 0.15) is 0 Å². The molecule has 140 valence electrons. The summed E-state index contributed by atoms with van der Waals surface area (Å²) in [5.41, 5.74) is 0.702. The van der Waals surface area contributed by atoms with Crippen LogP contribution in [0.4, 0.5) is 0 Å². The van der Waals surface area contributed by atoms with Crippen LogP contribution in [-0.2, 0) is 4.79 Å². The van der Waals surface area contributed by atoms with Crippen LogP contribution in [-0.4, -0.2) is 26.4 Å². The van der Waals surface area contributed by atoms with Crippen molar-refractivity contribution in [3.8, 4) is 28.6 Å². The average molecular weight is 370 g/mol. The fourth-order valence-electron chi connectivity index (χ4n) is 4.06. The van der Waals surface area contributed by atoms with Gasteiger partial charge in [-0.05, 0) is 61.4 Å². The summed E-state index contributed by atoms with van der Waals surface area (Å²) in [6.45, 7) is 0. The lowest BCUT2D eigenvalue weighted by molar-refractivity contribution is -0.142. The Kier molecular flexibility index (Phi) is 3.95. The number of aliphatic carboxylic acids is 1. The number of hydrogen-bond donors (Lipinski definition) is 4. The van der Waals surface area contributed by atoms with Crippen molar-refractivity contribution in [3.63, 3.8) is 0 Å². The third-order valence-electron chi connectivity index (χ3n) is 5.47. The van der Waals surface area contributed by atoms with Gasteiger partial charge < -0.3 is 24.8 Å². The van der Waals surface area contributed by atoms with Crippen molar-refractivity contribution in [2.24, 2.45) is 5.92 Å². The zero-order valence-corrected chi connectivity index (χ0v) is 14.3. The van der Waals surface area contributed by atoms with E-state index in [0.29, 0.717) is 36.6 Å². The van der Waals surface area contributed by atoms with Crippen LogP contribution in [0.3, 0.4) is 0 Å². The summed E-state index contributed by atoms with van der Waals surface area (Å²) in [6, 6.07) is 5.80. The molecule has 0 bridgehead atoms. The molecule has 0 radical (unpaired) electrons. The van der Waals surface area contributed by atoms with Crippen LogP contribution in [0.25, 0.3) is 22.3 Å². The number of aromatic hydroxyl groups is 3. The van der Waals surface area contributed by atoms with E-state index in [1.54, 1.807) is 12.1 Å². The second-order valence-electron chi connectivity index (χ2n) is 7.00. The van der Waals surface area contributed by atoms with Gasteiger partial charge in [0.2, 0.25) is 16.9 Å². The summed E-state index contributed by atoms with van der Waals surface area (Å²) in [7, 11) is 0. The van der Waals surface area contributed by atoms with Crippen molar-refractivity contribution >= 4 is 16.9 Å². The Balaban J connectivity index is 1.97. The van der Waals surface area contributed by atoms with E-state index in [9.17, 15) is 30.0 Å². The Morgan fingerprint density at radius 2 is 1.67 bits per heavy atom. The molecular weight excluding hydrogens is 352 g/mol. The van der Waals surface area contributed by atoms with E-state index < -0.39 is 22.9 Å². The van der Waals surface area contributed by atoms with E-state index in [1.807, 2.05) is 0 Å². The summed E-state index contributed by atoms with van der Waals surface area (Å²) in [4.78, 5) is 23.1. The van der Waals surface area contributed by atoms with Gasteiger partial charge in [-0.15, -0.1) is 0 Å². The third kappa shape index (κ3) is 2.66. The van der Waals surface area contributed by atoms with Crippen LogP contribution in [0.1, 0.15) is 37.2 Å². The van der Waals surface area contributed by atoms with Crippen LogP contribution in [0.2, 0.25) is 0 Å². The van der Waals surface area contributed by atoms with Crippen molar-refractivity contribution in [3.05, 3.63) is 40.1 Å². The predicted octanol–water partition coefficient (Wildman–Crippen LogP) is 3.37. The van der Waals surface area contributed by atoms with Crippen molar-refractivity contribution in [2.75, 3.05) is 0 Å². The second-order valence-corrected chi connectivity index (χ2v) is 7.00. The normalized spacial score (nSPS) is 20.1. The Morgan fingerprint density at radius 3 is 2.33 bits per heavy atom. The molecule has 1 aromatic rings. The molecule has 1 aromatic carbocycles. The molecule has 3 aliphatic rings. The van der Waals surface area contributed by atoms with Gasteiger partial charge in [-0.1, -0.05) is 0 Å². The smallest absolute Gasteiger partial charge is 0.306 e. The Hall–Kier alpha value is -3.22. The number of carboxylic acids is 1. The number of hydrogen-bond acceptors (Lipinski definition) is 6. The molecular formula is C20H18O7. The monoisotopic (exact) mass is 370 g/mol. The molecule has 4 rings (SSSR count). The molecule has 2 aliphatic carbocycles. The van der Waals surface area contributed by atoms with E-state index in [1.165, 1.54) is 12.1 Å². The Bertz CT molecular complexity index is 1070. The quantitative estimate of drug-likeness (QED) is 0.402. The summed E-state index contributed by atoms with van der Waals surface area (Å²) in [6.07, 6.45) is 2.27. The Morgan fingerprint density at radius 1 is 0.963 bits per heavy atom.